The number of likely N-dealkylation sites (tertiary alicyclic amines) is 1. The normalized spacial score (nSPS) is 31.8. The van der Waals surface area contributed by atoms with Gasteiger partial charge in [-0.1, -0.05) is 20.8 Å². The molecule has 12 heavy (non-hydrogen) atoms. The molecule has 0 amide bonds. The first-order valence-corrected chi connectivity index (χ1v) is 4.87. The summed E-state index contributed by atoms with van der Waals surface area (Å²) in [5.74, 6) is 0. The van der Waals surface area contributed by atoms with E-state index in [1.54, 1.807) is 0 Å². The second-order valence-electron chi connectivity index (χ2n) is 3.94. The van der Waals surface area contributed by atoms with Gasteiger partial charge < -0.3 is 16.0 Å². The predicted molar refractivity (Wildman–Crippen MR) is 52.1 cm³/mol. The molecule has 3 N–H and O–H groups in total. The molecule has 0 radical (unpaired) electrons. The minimum absolute atomic E-state index is 0.312. The molecule has 0 unspecified atom stereocenters. The van der Waals surface area contributed by atoms with Crippen LogP contribution >= 0.6 is 0 Å². The van der Waals surface area contributed by atoms with Gasteiger partial charge in [-0.05, 0) is 6.54 Å². The van der Waals surface area contributed by atoms with Crippen molar-refractivity contribution in [2.75, 3.05) is 19.6 Å². The summed E-state index contributed by atoms with van der Waals surface area (Å²) in [6, 6.07) is 1.34. The van der Waals surface area contributed by atoms with E-state index >= 15 is 0 Å². The lowest BCUT2D eigenvalue weighted by Crippen LogP contribution is -2.46. The van der Waals surface area contributed by atoms with Gasteiger partial charge in [0.25, 0.3) is 0 Å². The maximum atomic E-state index is 5.99. The Bertz CT molecular complexity index is 136. The van der Waals surface area contributed by atoms with Crippen molar-refractivity contribution in [3.8, 4) is 0 Å². The Morgan fingerprint density at radius 3 is 2.58 bits per heavy atom. The van der Waals surface area contributed by atoms with Crippen LogP contribution in [0.1, 0.15) is 20.8 Å². The summed E-state index contributed by atoms with van der Waals surface area (Å²) in [5, 5.41) is 3.49. The molecule has 72 valence electrons. The van der Waals surface area contributed by atoms with Gasteiger partial charge in [-0.3, -0.25) is 0 Å². The first-order chi connectivity index (χ1) is 5.63. The summed E-state index contributed by atoms with van der Waals surface area (Å²) in [6.07, 6.45) is 0. The monoisotopic (exact) mass is 171 g/mol. The standard InChI is InChI=1S/C9H21N3/c1-4-12-5-8(10)9(6-12)11-7(2)3/h7-9,11H,4-6,10H2,1-3H3/t8-,9+/m1/s1. The van der Waals surface area contributed by atoms with Crippen molar-refractivity contribution >= 4 is 0 Å². The Labute approximate surface area is 75.3 Å². The fourth-order valence-corrected chi connectivity index (χ4v) is 1.78. The van der Waals surface area contributed by atoms with Gasteiger partial charge in [0.05, 0.1) is 0 Å². The van der Waals surface area contributed by atoms with Crippen molar-refractivity contribution in [2.24, 2.45) is 5.73 Å². The number of nitrogens with zero attached hydrogens (tertiary/aromatic N) is 1. The number of nitrogens with two attached hydrogens (primary N) is 1. The quantitative estimate of drug-likeness (QED) is 0.629. The van der Waals surface area contributed by atoms with Gasteiger partial charge in [-0.25, -0.2) is 0 Å². The van der Waals surface area contributed by atoms with Gasteiger partial charge in [0.2, 0.25) is 0 Å². The second-order valence-corrected chi connectivity index (χ2v) is 3.94. The lowest BCUT2D eigenvalue weighted by molar-refractivity contribution is 0.341. The lowest BCUT2D eigenvalue weighted by atomic mass is 10.1. The number of nitrogens with one attached hydrogen (secondary N) is 1. The third-order valence-electron chi connectivity index (χ3n) is 2.44. The summed E-state index contributed by atoms with van der Waals surface area (Å²) in [4.78, 5) is 2.39. The molecular formula is C9H21N3. The van der Waals surface area contributed by atoms with Crippen LogP contribution in [0.2, 0.25) is 0 Å². The molecule has 3 heteroatoms. The Morgan fingerprint density at radius 1 is 1.50 bits per heavy atom. The average Bonchev–Trinajstić information content (AvgIpc) is 2.31. The van der Waals surface area contributed by atoms with Crippen molar-refractivity contribution in [3.05, 3.63) is 0 Å². The highest BCUT2D eigenvalue weighted by Gasteiger charge is 2.28. The number of likely N-dealkylation sites (N-methyl/N-ethyl adjacent to an activating group) is 1. The molecule has 1 fully saturated rings. The number of rotatable bonds is 3. The maximum Gasteiger partial charge on any atom is 0.0361 e. The smallest absolute Gasteiger partial charge is 0.0361 e. The zero-order valence-corrected chi connectivity index (χ0v) is 8.38. The molecule has 0 aliphatic carbocycles. The van der Waals surface area contributed by atoms with E-state index in [0.717, 1.165) is 19.6 Å². The van der Waals surface area contributed by atoms with Crippen LogP contribution < -0.4 is 11.1 Å². The highest BCUT2D eigenvalue weighted by molar-refractivity contribution is 4.92. The molecule has 0 aromatic rings. The van der Waals surface area contributed by atoms with Gasteiger partial charge in [-0.15, -0.1) is 0 Å². The number of hydrogen-bond donors (Lipinski definition) is 2. The molecule has 0 aromatic heterocycles. The minimum Gasteiger partial charge on any atom is -0.325 e. The molecule has 2 atom stereocenters. The van der Waals surface area contributed by atoms with E-state index in [1.807, 2.05) is 0 Å². The van der Waals surface area contributed by atoms with Gasteiger partial charge in [-0.2, -0.15) is 0 Å². The molecule has 0 aromatic carbocycles. The minimum atomic E-state index is 0.312. The topological polar surface area (TPSA) is 41.3 Å². The van der Waals surface area contributed by atoms with Crippen LogP contribution in [0.4, 0.5) is 0 Å². The van der Waals surface area contributed by atoms with E-state index in [9.17, 15) is 0 Å². The average molecular weight is 171 g/mol. The number of hydrogen-bond acceptors (Lipinski definition) is 3. The van der Waals surface area contributed by atoms with E-state index in [-0.39, 0.29) is 0 Å². The zero-order chi connectivity index (χ0) is 9.14. The Morgan fingerprint density at radius 2 is 2.17 bits per heavy atom. The Kier molecular flexibility index (Phi) is 3.50. The fourth-order valence-electron chi connectivity index (χ4n) is 1.78. The van der Waals surface area contributed by atoms with E-state index in [1.165, 1.54) is 0 Å². The SMILES string of the molecule is CCN1C[C@@H](N)[C@@H](NC(C)C)C1. The Hall–Kier alpha value is -0.120. The van der Waals surface area contributed by atoms with Crippen LogP contribution in [0, 0.1) is 0 Å². The maximum absolute atomic E-state index is 5.99. The summed E-state index contributed by atoms with van der Waals surface area (Å²) >= 11 is 0. The van der Waals surface area contributed by atoms with Crippen LogP contribution in [0.15, 0.2) is 0 Å². The van der Waals surface area contributed by atoms with E-state index in [4.69, 9.17) is 5.73 Å². The van der Waals surface area contributed by atoms with Crippen molar-refractivity contribution in [3.63, 3.8) is 0 Å². The summed E-state index contributed by atoms with van der Waals surface area (Å²) < 4.78 is 0. The summed E-state index contributed by atoms with van der Waals surface area (Å²) in [7, 11) is 0. The van der Waals surface area contributed by atoms with Gasteiger partial charge >= 0.3 is 0 Å². The molecule has 0 spiro atoms. The molecule has 1 saturated heterocycles. The Balaban J connectivity index is 2.35. The molecule has 0 saturated carbocycles. The molecule has 3 nitrogen and oxygen atoms in total. The lowest BCUT2D eigenvalue weighted by Gasteiger charge is -2.19. The first kappa shape index (κ1) is 9.96. The third kappa shape index (κ3) is 2.44. The van der Waals surface area contributed by atoms with Crippen molar-refractivity contribution in [2.45, 2.75) is 38.9 Å². The fraction of sp³-hybridized carbons (Fsp3) is 1.00. The van der Waals surface area contributed by atoms with Crippen molar-refractivity contribution in [1.82, 2.24) is 10.2 Å². The van der Waals surface area contributed by atoms with Gasteiger partial charge in [0, 0.05) is 31.2 Å². The van der Waals surface area contributed by atoms with Crippen LogP contribution in [0.25, 0.3) is 0 Å². The summed E-state index contributed by atoms with van der Waals surface area (Å²) in [6.45, 7) is 9.79. The second kappa shape index (κ2) is 4.21. The molecule has 0 bridgehead atoms. The van der Waals surface area contributed by atoms with E-state index in [2.05, 4.69) is 31.0 Å². The van der Waals surface area contributed by atoms with Gasteiger partial charge in [0.15, 0.2) is 0 Å². The molecule has 1 aliphatic rings. The highest BCUT2D eigenvalue weighted by atomic mass is 15.2. The predicted octanol–water partition coefficient (Wildman–Crippen LogP) is 0.0158. The largest absolute Gasteiger partial charge is 0.325 e. The van der Waals surface area contributed by atoms with Crippen LogP contribution in [-0.4, -0.2) is 42.7 Å². The molecule has 1 aliphatic heterocycles. The van der Waals surface area contributed by atoms with E-state index < -0.39 is 0 Å². The van der Waals surface area contributed by atoms with Crippen LogP contribution in [-0.2, 0) is 0 Å². The van der Waals surface area contributed by atoms with Crippen molar-refractivity contribution in [1.29, 1.82) is 0 Å². The summed E-state index contributed by atoms with van der Waals surface area (Å²) in [5.41, 5.74) is 5.99. The van der Waals surface area contributed by atoms with Gasteiger partial charge in [0.1, 0.15) is 0 Å². The van der Waals surface area contributed by atoms with E-state index in [0.29, 0.717) is 18.1 Å². The highest BCUT2D eigenvalue weighted by Crippen LogP contribution is 2.07. The first-order valence-electron chi connectivity index (χ1n) is 4.87. The molecule has 1 rings (SSSR count). The van der Waals surface area contributed by atoms with Crippen molar-refractivity contribution < 1.29 is 0 Å². The zero-order valence-electron chi connectivity index (χ0n) is 8.38. The third-order valence-corrected chi connectivity index (χ3v) is 2.44. The van der Waals surface area contributed by atoms with Crippen LogP contribution in [0.3, 0.4) is 0 Å². The molecule has 1 heterocycles. The molecular weight excluding hydrogens is 150 g/mol. The van der Waals surface area contributed by atoms with Crippen LogP contribution in [0.5, 0.6) is 0 Å².